The molecule has 14 heavy (non-hydrogen) atoms. The first-order valence-electron chi connectivity index (χ1n) is 5.64. The molecular weight excluding hydrogens is 194 g/mol. The molecule has 0 atom stereocenters. The second-order valence-corrected chi connectivity index (χ2v) is 4.77. The maximum absolute atomic E-state index is 11.6. The predicted molar refractivity (Wildman–Crippen MR) is 64.9 cm³/mol. The van der Waals surface area contributed by atoms with Gasteiger partial charge < -0.3 is 5.32 Å². The third kappa shape index (κ3) is 5.53. The normalized spacial score (nSPS) is 11.0. The van der Waals surface area contributed by atoms with E-state index < -0.39 is 0 Å². The third-order valence-corrected chi connectivity index (χ3v) is 3.82. The van der Waals surface area contributed by atoms with Crippen molar-refractivity contribution in [1.29, 1.82) is 0 Å². The van der Waals surface area contributed by atoms with Crippen LogP contribution in [-0.2, 0) is 0 Å². The van der Waals surface area contributed by atoms with Gasteiger partial charge in [-0.1, -0.05) is 39.5 Å². The van der Waals surface area contributed by atoms with Gasteiger partial charge in [0.05, 0.1) is 0 Å². The molecule has 0 aliphatic carbocycles. The van der Waals surface area contributed by atoms with E-state index in [4.69, 9.17) is 0 Å². The van der Waals surface area contributed by atoms with E-state index in [1.165, 1.54) is 11.8 Å². The van der Waals surface area contributed by atoms with Gasteiger partial charge >= 0.3 is 0 Å². The van der Waals surface area contributed by atoms with Crippen molar-refractivity contribution in [3.05, 3.63) is 0 Å². The first-order chi connectivity index (χ1) is 6.67. The topological polar surface area (TPSA) is 29.1 Å². The molecule has 0 fully saturated rings. The van der Waals surface area contributed by atoms with Gasteiger partial charge in [0.25, 0.3) is 5.24 Å². The molecule has 0 aromatic heterocycles. The largest absolute Gasteiger partial charge is 0.344 e. The summed E-state index contributed by atoms with van der Waals surface area (Å²) < 4.78 is 0. The van der Waals surface area contributed by atoms with Crippen LogP contribution in [-0.4, -0.2) is 16.5 Å². The van der Waals surface area contributed by atoms with Crippen LogP contribution in [0.1, 0.15) is 53.4 Å². The second-order valence-electron chi connectivity index (χ2n) is 3.50. The summed E-state index contributed by atoms with van der Waals surface area (Å²) in [5.74, 6) is 0. The maximum Gasteiger partial charge on any atom is 0.279 e. The summed E-state index contributed by atoms with van der Waals surface area (Å²) >= 11 is 1.45. The molecule has 0 aliphatic heterocycles. The van der Waals surface area contributed by atoms with Gasteiger partial charge in [0.1, 0.15) is 0 Å². The molecule has 3 heteroatoms. The summed E-state index contributed by atoms with van der Waals surface area (Å²) in [6, 6.07) is 0.351. The zero-order valence-electron chi connectivity index (χ0n) is 9.80. The van der Waals surface area contributed by atoms with E-state index in [9.17, 15) is 4.79 Å². The van der Waals surface area contributed by atoms with E-state index in [0.717, 1.165) is 25.7 Å². The highest BCUT2D eigenvalue weighted by atomic mass is 32.2. The fourth-order valence-electron chi connectivity index (χ4n) is 1.30. The van der Waals surface area contributed by atoms with Gasteiger partial charge in [-0.15, -0.1) is 0 Å². The number of amides is 1. The Labute approximate surface area is 92.2 Å². The monoisotopic (exact) mass is 217 g/mol. The lowest BCUT2D eigenvalue weighted by Gasteiger charge is -2.16. The summed E-state index contributed by atoms with van der Waals surface area (Å²) in [6.45, 7) is 8.48. The third-order valence-electron chi connectivity index (χ3n) is 2.49. The van der Waals surface area contributed by atoms with Crippen molar-refractivity contribution in [3.8, 4) is 0 Å². The van der Waals surface area contributed by atoms with Crippen LogP contribution in [0.4, 0.5) is 4.79 Å². The van der Waals surface area contributed by atoms with E-state index in [2.05, 4.69) is 33.0 Å². The highest BCUT2D eigenvalue weighted by Crippen LogP contribution is 2.18. The molecule has 1 amide bonds. The molecule has 0 rings (SSSR count). The average molecular weight is 217 g/mol. The van der Waals surface area contributed by atoms with Crippen molar-refractivity contribution in [2.45, 2.75) is 64.7 Å². The summed E-state index contributed by atoms with van der Waals surface area (Å²) in [6.07, 6.45) is 4.17. The van der Waals surface area contributed by atoms with Gasteiger partial charge in [0, 0.05) is 11.3 Å². The Balaban J connectivity index is 3.83. The smallest absolute Gasteiger partial charge is 0.279 e. The molecule has 0 saturated carbocycles. The van der Waals surface area contributed by atoms with Crippen molar-refractivity contribution in [2.75, 3.05) is 0 Å². The van der Waals surface area contributed by atoms with Crippen molar-refractivity contribution in [3.63, 3.8) is 0 Å². The second kappa shape index (κ2) is 8.16. The van der Waals surface area contributed by atoms with Gasteiger partial charge in [0.2, 0.25) is 0 Å². The molecule has 1 N–H and O–H groups in total. The number of rotatable bonds is 6. The van der Waals surface area contributed by atoms with Crippen LogP contribution in [0.5, 0.6) is 0 Å². The summed E-state index contributed by atoms with van der Waals surface area (Å²) in [4.78, 5) is 11.6. The van der Waals surface area contributed by atoms with Crippen LogP contribution in [0.2, 0.25) is 0 Å². The quantitative estimate of drug-likeness (QED) is 0.733. The molecule has 0 unspecified atom stereocenters. The molecule has 2 nitrogen and oxygen atoms in total. The van der Waals surface area contributed by atoms with E-state index >= 15 is 0 Å². The molecule has 0 spiro atoms. The maximum atomic E-state index is 11.6. The van der Waals surface area contributed by atoms with Gasteiger partial charge in [0.15, 0.2) is 0 Å². The summed E-state index contributed by atoms with van der Waals surface area (Å²) in [7, 11) is 0. The Morgan fingerprint density at radius 3 is 1.93 bits per heavy atom. The van der Waals surface area contributed by atoms with Gasteiger partial charge in [-0.05, 0) is 25.7 Å². The lowest BCUT2D eigenvalue weighted by Crippen LogP contribution is -2.31. The van der Waals surface area contributed by atoms with Crippen LogP contribution in [0, 0.1) is 0 Å². The van der Waals surface area contributed by atoms with Crippen LogP contribution < -0.4 is 5.32 Å². The lowest BCUT2D eigenvalue weighted by atomic mass is 10.2. The highest BCUT2D eigenvalue weighted by molar-refractivity contribution is 8.14. The molecule has 0 aliphatic rings. The van der Waals surface area contributed by atoms with Crippen molar-refractivity contribution >= 4 is 17.0 Å². The first-order valence-corrected chi connectivity index (χ1v) is 6.52. The fourth-order valence-corrected chi connectivity index (χ4v) is 2.17. The molecular formula is C11H23NOS. The molecule has 0 radical (unpaired) electrons. The Morgan fingerprint density at radius 2 is 1.57 bits per heavy atom. The first kappa shape index (κ1) is 13.8. The zero-order chi connectivity index (χ0) is 11.0. The standard InChI is InChI=1S/C11H23NOS/c1-5-9(6-2)12-11(13)14-10(7-3)8-4/h9-10H,5-8H2,1-4H3,(H,12,13). The van der Waals surface area contributed by atoms with Crippen molar-refractivity contribution in [1.82, 2.24) is 5.32 Å². The minimum Gasteiger partial charge on any atom is -0.344 e. The lowest BCUT2D eigenvalue weighted by molar-refractivity contribution is 0.256. The van der Waals surface area contributed by atoms with E-state index in [-0.39, 0.29) is 5.24 Å². The average Bonchev–Trinajstić information content (AvgIpc) is 2.22. The number of nitrogens with one attached hydrogen (secondary N) is 1. The highest BCUT2D eigenvalue weighted by Gasteiger charge is 2.13. The Morgan fingerprint density at radius 1 is 1.07 bits per heavy atom. The van der Waals surface area contributed by atoms with Crippen LogP contribution in [0.25, 0.3) is 0 Å². The van der Waals surface area contributed by atoms with Crippen LogP contribution >= 0.6 is 11.8 Å². The predicted octanol–water partition coefficient (Wildman–Crippen LogP) is 3.81. The van der Waals surface area contributed by atoms with E-state index in [1.807, 2.05) is 0 Å². The van der Waals surface area contributed by atoms with Crippen molar-refractivity contribution in [2.24, 2.45) is 0 Å². The minimum absolute atomic E-state index is 0.146. The van der Waals surface area contributed by atoms with Crippen LogP contribution in [0.3, 0.4) is 0 Å². The molecule has 0 bridgehead atoms. The van der Waals surface area contributed by atoms with Crippen molar-refractivity contribution < 1.29 is 4.79 Å². The van der Waals surface area contributed by atoms with E-state index in [0.29, 0.717) is 11.3 Å². The summed E-state index contributed by atoms with van der Waals surface area (Å²) in [5.41, 5.74) is 0. The Kier molecular flexibility index (Phi) is 8.05. The summed E-state index contributed by atoms with van der Waals surface area (Å²) in [5, 5.41) is 3.66. The molecule has 0 heterocycles. The van der Waals surface area contributed by atoms with E-state index in [1.54, 1.807) is 0 Å². The fraction of sp³-hybridized carbons (Fsp3) is 0.909. The SMILES string of the molecule is CCC(CC)NC(=O)SC(CC)CC. The Hall–Kier alpha value is -0.180. The van der Waals surface area contributed by atoms with Gasteiger partial charge in [-0.25, -0.2) is 0 Å². The van der Waals surface area contributed by atoms with Gasteiger partial charge in [-0.3, -0.25) is 4.79 Å². The number of carbonyl (C=O) groups is 1. The number of hydrogen-bond acceptors (Lipinski definition) is 2. The number of hydrogen-bond donors (Lipinski definition) is 1. The van der Waals surface area contributed by atoms with Crippen LogP contribution in [0.15, 0.2) is 0 Å². The zero-order valence-corrected chi connectivity index (χ0v) is 10.6. The molecule has 0 aromatic carbocycles. The van der Waals surface area contributed by atoms with Gasteiger partial charge in [-0.2, -0.15) is 0 Å². The Bertz CT molecular complexity index is 137. The minimum atomic E-state index is 0.146. The molecule has 0 saturated heterocycles. The number of thioether (sulfide) groups is 1. The molecule has 84 valence electrons. The number of carbonyl (C=O) groups excluding carboxylic acids is 1. The molecule has 0 aromatic rings.